The molecule has 0 radical (unpaired) electrons. The highest BCUT2D eigenvalue weighted by Gasteiger charge is 2.20. The fraction of sp³-hybridized carbons (Fsp3) is 0.357. The standard InChI is InChI=1S/C14H16N4OS/c1-9-12(13(19)17-8-10-6-15-7-10)20-14(18-9)11-4-2-3-5-16-11/h2-5,10,15H,6-8H2,1H3,(H,17,19). The van der Waals surface area contributed by atoms with Gasteiger partial charge in [0.05, 0.1) is 11.4 Å². The van der Waals surface area contributed by atoms with Crippen molar-refractivity contribution in [2.45, 2.75) is 6.92 Å². The Kier molecular flexibility index (Phi) is 3.75. The highest BCUT2D eigenvalue weighted by molar-refractivity contribution is 7.17. The molecule has 20 heavy (non-hydrogen) atoms. The van der Waals surface area contributed by atoms with E-state index in [2.05, 4.69) is 20.6 Å². The average molecular weight is 288 g/mol. The predicted molar refractivity (Wildman–Crippen MR) is 78.8 cm³/mol. The van der Waals surface area contributed by atoms with Gasteiger partial charge in [0.2, 0.25) is 0 Å². The van der Waals surface area contributed by atoms with Crippen molar-refractivity contribution in [2.75, 3.05) is 19.6 Å². The minimum Gasteiger partial charge on any atom is -0.351 e. The first-order valence-corrected chi connectivity index (χ1v) is 7.43. The number of aromatic nitrogens is 2. The molecule has 6 heteroatoms. The van der Waals surface area contributed by atoms with Gasteiger partial charge < -0.3 is 10.6 Å². The van der Waals surface area contributed by atoms with Crippen molar-refractivity contribution in [2.24, 2.45) is 5.92 Å². The average Bonchev–Trinajstić information content (AvgIpc) is 2.80. The van der Waals surface area contributed by atoms with Crippen molar-refractivity contribution >= 4 is 17.2 Å². The summed E-state index contributed by atoms with van der Waals surface area (Å²) in [6.45, 7) is 4.56. The number of hydrogen-bond donors (Lipinski definition) is 2. The van der Waals surface area contributed by atoms with Crippen LogP contribution in [-0.2, 0) is 0 Å². The van der Waals surface area contributed by atoms with Crippen LogP contribution in [0.25, 0.3) is 10.7 Å². The van der Waals surface area contributed by atoms with Gasteiger partial charge in [-0.2, -0.15) is 0 Å². The van der Waals surface area contributed by atoms with Crippen LogP contribution in [0.5, 0.6) is 0 Å². The van der Waals surface area contributed by atoms with Crippen LogP contribution in [0.1, 0.15) is 15.4 Å². The van der Waals surface area contributed by atoms with Crippen LogP contribution in [0.15, 0.2) is 24.4 Å². The number of rotatable bonds is 4. The summed E-state index contributed by atoms with van der Waals surface area (Å²) in [7, 11) is 0. The second kappa shape index (κ2) is 5.68. The number of aryl methyl sites for hydroxylation is 1. The Balaban J connectivity index is 1.73. The lowest BCUT2D eigenvalue weighted by atomic mass is 10.0. The quantitative estimate of drug-likeness (QED) is 0.894. The fourth-order valence-corrected chi connectivity index (χ4v) is 2.98. The van der Waals surface area contributed by atoms with Gasteiger partial charge in [-0.3, -0.25) is 9.78 Å². The van der Waals surface area contributed by atoms with E-state index in [1.54, 1.807) is 6.20 Å². The number of amides is 1. The minimum atomic E-state index is -0.0333. The number of thiazole rings is 1. The van der Waals surface area contributed by atoms with Crippen molar-refractivity contribution < 1.29 is 4.79 Å². The Labute approximate surface area is 121 Å². The molecule has 3 rings (SSSR count). The summed E-state index contributed by atoms with van der Waals surface area (Å²) < 4.78 is 0. The van der Waals surface area contributed by atoms with E-state index in [-0.39, 0.29) is 5.91 Å². The molecule has 1 aliphatic rings. The molecule has 104 valence electrons. The molecule has 0 saturated carbocycles. The second-order valence-corrected chi connectivity index (χ2v) is 5.88. The van der Waals surface area contributed by atoms with Crippen LogP contribution in [0.2, 0.25) is 0 Å². The van der Waals surface area contributed by atoms with Crippen LogP contribution in [0.4, 0.5) is 0 Å². The highest BCUT2D eigenvalue weighted by atomic mass is 32.1. The van der Waals surface area contributed by atoms with Crippen LogP contribution in [0.3, 0.4) is 0 Å². The summed E-state index contributed by atoms with van der Waals surface area (Å²) in [5.74, 6) is 0.525. The number of carbonyl (C=O) groups is 1. The van der Waals surface area contributed by atoms with Gasteiger partial charge in [-0.05, 0) is 19.1 Å². The summed E-state index contributed by atoms with van der Waals surface area (Å²) in [5.41, 5.74) is 1.57. The van der Waals surface area contributed by atoms with E-state index in [0.29, 0.717) is 10.8 Å². The molecule has 1 amide bonds. The zero-order valence-electron chi connectivity index (χ0n) is 11.2. The molecule has 1 fully saturated rings. The number of nitrogens with zero attached hydrogens (tertiary/aromatic N) is 2. The summed E-state index contributed by atoms with van der Waals surface area (Å²) in [6, 6.07) is 5.69. The predicted octanol–water partition coefficient (Wildman–Crippen LogP) is 1.46. The summed E-state index contributed by atoms with van der Waals surface area (Å²) in [5, 5.41) is 6.96. The Morgan fingerprint density at radius 3 is 3.00 bits per heavy atom. The van der Waals surface area contributed by atoms with Crippen molar-refractivity contribution in [1.82, 2.24) is 20.6 Å². The van der Waals surface area contributed by atoms with Gasteiger partial charge in [0.15, 0.2) is 0 Å². The van der Waals surface area contributed by atoms with Crippen molar-refractivity contribution in [1.29, 1.82) is 0 Å². The first-order valence-electron chi connectivity index (χ1n) is 6.62. The molecule has 0 aromatic carbocycles. The molecular formula is C14H16N4OS. The summed E-state index contributed by atoms with van der Waals surface area (Å²) in [4.78, 5) is 21.6. The maximum atomic E-state index is 12.2. The Bertz CT molecular complexity index is 607. The van der Waals surface area contributed by atoms with E-state index >= 15 is 0 Å². The van der Waals surface area contributed by atoms with Gasteiger partial charge >= 0.3 is 0 Å². The molecule has 0 aliphatic carbocycles. The first-order chi connectivity index (χ1) is 9.74. The molecular weight excluding hydrogens is 272 g/mol. The van der Waals surface area contributed by atoms with Gasteiger partial charge in [0.1, 0.15) is 9.88 Å². The number of hydrogen-bond acceptors (Lipinski definition) is 5. The Hall–Kier alpha value is -1.79. The molecule has 1 aliphatic heterocycles. The maximum Gasteiger partial charge on any atom is 0.263 e. The van der Waals surface area contributed by atoms with Crippen molar-refractivity contribution in [3.8, 4) is 10.7 Å². The second-order valence-electron chi connectivity index (χ2n) is 4.88. The Morgan fingerprint density at radius 2 is 2.35 bits per heavy atom. The molecule has 2 aromatic rings. The van der Waals surface area contributed by atoms with E-state index in [1.807, 2.05) is 25.1 Å². The molecule has 5 nitrogen and oxygen atoms in total. The van der Waals surface area contributed by atoms with Crippen molar-refractivity contribution in [3.63, 3.8) is 0 Å². The van der Waals surface area contributed by atoms with Gasteiger partial charge in [-0.25, -0.2) is 4.98 Å². The van der Waals surface area contributed by atoms with Gasteiger partial charge in [-0.15, -0.1) is 11.3 Å². The summed E-state index contributed by atoms with van der Waals surface area (Å²) >= 11 is 1.40. The Morgan fingerprint density at radius 1 is 1.50 bits per heavy atom. The topological polar surface area (TPSA) is 66.9 Å². The van der Waals surface area contributed by atoms with Crippen LogP contribution >= 0.6 is 11.3 Å². The molecule has 3 heterocycles. The van der Waals surface area contributed by atoms with Crippen LogP contribution in [-0.4, -0.2) is 35.5 Å². The minimum absolute atomic E-state index is 0.0333. The van der Waals surface area contributed by atoms with Crippen molar-refractivity contribution in [3.05, 3.63) is 35.0 Å². The highest BCUT2D eigenvalue weighted by Crippen LogP contribution is 2.26. The number of pyridine rings is 1. The molecule has 0 unspecified atom stereocenters. The van der Waals surface area contributed by atoms with Gasteiger partial charge in [0, 0.05) is 31.7 Å². The molecule has 0 atom stereocenters. The monoisotopic (exact) mass is 288 g/mol. The number of nitrogens with one attached hydrogen (secondary N) is 2. The smallest absolute Gasteiger partial charge is 0.263 e. The molecule has 1 saturated heterocycles. The summed E-state index contributed by atoms with van der Waals surface area (Å²) in [6.07, 6.45) is 1.73. The molecule has 2 N–H and O–H groups in total. The normalized spacial score (nSPS) is 14.8. The van der Waals surface area contributed by atoms with Gasteiger partial charge in [-0.1, -0.05) is 6.07 Å². The third kappa shape index (κ3) is 2.71. The lowest BCUT2D eigenvalue weighted by Gasteiger charge is -2.26. The lowest BCUT2D eigenvalue weighted by Crippen LogP contribution is -2.48. The zero-order chi connectivity index (χ0) is 13.9. The third-order valence-electron chi connectivity index (χ3n) is 3.30. The van der Waals surface area contributed by atoms with Gasteiger partial charge in [0.25, 0.3) is 5.91 Å². The SMILES string of the molecule is Cc1nc(-c2ccccn2)sc1C(=O)NCC1CNC1. The fourth-order valence-electron chi connectivity index (χ4n) is 2.02. The third-order valence-corrected chi connectivity index (χ3v) is 4.48. The maximum absolute atomic E-state index is 12.2. The number of carbonyl (C=O) groups excluding carboxylic acids is 1. The van der Waals surface area contributed by atoms with Crippen LogP contribution < -0.4 is 10.6 Å². The van der Waals surface area contributed by atoms with E-state index in [9.17, 15) is 4.79 Å². The lowest BCUT2D eigenvalue weighted by molar-refractivity contribution is 0.0945. The van der Waals surface area contributed by atoms with E-state index in [4.69, 9.17) is 0 Å². The molecule has 0 spiro atoms. The first kappa shape index (κ1) is 13.2. The molecule has 0 bridgehead atoms. The van der Waals surface area contributed by atoms with E-state index in [1.165, 1.54) is 11.3 Å². The van der Waals surface area contributed by atoms with E-state index in [0.717, 1.165) is 36.0 Å². The van der Waals surface area contributed by atoms with Crippen LogP contribution in [0, 0.1) is 12.8 Å². The zero-order valence-corrected chi connectivity index (χ0v) is 12.0. The van der Waals surface area contributed by atoms with E-state index < -0.39 is 0 Å². The molecule has 2 aromatic heterocycles. The largest absolute Gasteiger partial charge is 0.351 e.